The van der Waals surface area contributed by atoms with E-state index >= 15 is 0 Å². The highest BCUT2D eigenvalue weighted by atomic mass is 19.4. The molecule has 1 atom stereocenters. The van der Waals surface area contributed by atoms with Crippen molar-refractivity contribution in [2.45, 2.75) is 19.1 Å². The van der Waals surface area contributed by atoms with Crippen LogP contribution in [0.15, 0.2) is 58.5 Å². The second kappa shape index (κ2) is 10.1. The van der Waals surface area contributed by atoms with Crippen LogP contribution in [0.3, 0.4) is 0 Å². The minimum atomic E-state index is -4.87. The quantitative estimate of drug-likeness (QED) is 0.385. The van der Waals surface area contributed by atoms with Gasteiger partial charge in [-0.2, -0.15) is 18.3 Å². The standard InChI is InChI=1S/C26H24F4N6O3/c1-15(17-6-3-7-19(22(17)27)26(28,29)30)32-23-18-14-36(35-9-11-39-12-10-35)25(38)20(16-5-4-8-31-13-16)21(18)24(37)34(2)33-23/h3-8,13-15H,9-12H2,1-2H3,(H,32,33)/t15-/m1/s1. The average molecular weight is 545 g/mol. The minimum absolute atomic E-state index is 0.0502. The van der Waals surface area contributed by atoms with Gasteiger partial charge >= 0.3 is 6.18 Å². The number of hydrogen-bond donors (Lipinski definition) is 1. The summed E-state index contributed by atoms with van der Waals surface area (Å²) in [6.07, 6.45) is -0.399. The third-order valence-corrected chi connectivity index (χ3v) is 6.60. The molecule has 1 aromatic carbocycles. The Kier molecular flexibility index (Phi) is 6.85. The van der Waals surface area contributed by atoms with Crippen LogP contribution in [0.4, 0.5) is 23.4 Å². The predicted octanol–water partition coefficient (Wildman–Crippen LogP) is 3.46. The van der Waals surface area contributed by atoms with E-state index in [2.05, 4.69) is 15.4 Å². The number of benzene rings is 1. The molecule has 4 heterocycles. The lowest BCUT2D eigenvalue weighted by atomic mass is 10.0. The largest absolute Gasteiger partial charge is 0.419 e. The van der Waals surface area contributed by atoms with Crippen LogP contribution >= 0.6 is 0 Å². The summed E-state index contributed by atoms with van der Waals surface area (Å²) in [5.41, 5.74) is -2.13. The Labute approximate surface area is 219 Å². The SMILES string of the molecule is C[C@@H](Nc1nn(C)c(=O)c2c(-c3cccnc3)c(=O)n(N3CCOCC3)cc12)c1cccc(C(F)(F)F)c1F. The molecule has 0 aliphatic carbocycles. The van der Waals surface area contributed by atoms with Crippen LogP contribution < -0.4 is 21.4 Å². The van der Waals surface area contributed by atoms with Gasteiger partial charge in [-0.05, 0) is 19.1 Å². The Morgan fingerprint density at radius 3 is 2.49 bits per heavy atom. The number of rotatable bonds is 5. The maximum atomic E-state index is 14.9. The van der Waals surface area contributed by atoms with E-state index in [9.17, 15) is 27.2 Å². The molecule has 3 aromatic heterocycles. The fraction of sp³-hybridized carbons (Fsp3) is 0.308. The number of anilines is 1. The lowest BCUT2D eigenvalue weighted by Gasteiger charge is -2.31. The van der Waals surface area contributed by atoms with Crippen molar-refractivity contribution >= 4 is 16.6 Å². The van der Waals surface area contributed by atoms with E-state index in [1.54, 1.807) is 17.1 Å². The van der Waals surface area contributed by atoms with Gasteiger partial charge in [0.25, 0.3) is 11.1 Å². The number of ether oxygens (including phenoxy) is 1. The van der Waals surface area contributed by atoms with E-state index < -0.39 is 34.7 Å². The second-order valence-electron chi connectivity index (χ2n) is 9.10. The van der Waals surface area contributed by atoms with Crippen LogP contribution in [-0.4, -0.2) is 45.7 Å². The van der Waals surface area contributed by atoms with E-state index in [1.807, 2.05) is 0 Å². The van der Waals surface area contributed by atoms with E-state index in [0.717, 1.165) is 10.7 Å². The number of alkyl halides is 3. The summed E-state index contributed by atoms with van der Waals surface area (Å²) in [5.74, 6) is -1.32. The number of fused-ring (bicyclic) bond motifs is 1. The van der Waals surface area contributed by atoms with Gasteiger partial charge < -0.3 is 15.1 Å². The maximum absolute atomic E-state index is 14.9. The van der Waals surface area contributed by atoms with Gasteiger partial charge in [0, 0.05) is 36.8 Å². The van der Waals surface area contributed by atoms with Crippen molar-refractivity contribution in [3.05, 3.63) is 86.6 Å². The molecule has 0 bridgehead atoms. The Morgan fingerprint density at radius 2 is 1.82 bits per heavy atom. The number of pyridine rings is 2. The number of aromatic nitrogens is 4. The van der Waals surface area contributed by atoms with Crippen molar-refractivity contribution in [3.63, 3.8) is 0 Å². The molecule has 0 unspecified atom stereocenters. The number of hydrogen-bond acceptors (Lipinski definition) is 7. The summed E-state index contributed by atoms with van der Waals surface area (Å²) in [7, 11) is 1.39. The molecule has 13 heteroatoms. The lowest BCUT2D eigenvalue weighted by Crippen LogP contribution is -2.49. The van der Waals surface area contributed by atoms with Crippen molar-refractivity contribution in [3.8, 4) is 11.1 Å². The molecule has 1 N–H and O–H groups in total. The van der Waals surface area contributed by atoms with Gasteiger partial charge in [-0.3, -0.25) is 14.6 Å². The van der Waals surface area contributed by atoms with E-state index in [-0.39, 0.29) is 27.7 Å². The van der Waals surface area contributed by atoms with E-state index in [1.165, 1.54) is 43.3 Å². The van der Waals surface area contributed by atoms with Crippen molar-refractivity contribution in [2.24, 2.45) is 7.05 Å². The third-order valence-electron chi connectivity index (χ3n) is 6.60. The predicted molar refractivity (Wildman–Crippen MR) is 137 cm³/mol. The number of aryl methyl sites for hydroxylation is 1. The summed E-state index contributed by atoms with van der Waals surface area (Å²) >= 11 is 0. The normalized spacial score (nSPS) is 15.0. The average Bonchev–Trinajstić information content (AvgIpc) is 2.91. The van der Waals surface area contributed by atoms with Crippen molar-refractivity contribution in [1.29, 1.82) is 0 Å². The van der Waals surface area contributed by atoms with Crippen LogP contribution in [0.1, 0.15) is 24.1 Å². The summed E-state index contributed by atoms with van der Waals surface area (Å²) in [6, 6.07) is 5.36. The lowest BCUT2D eigenvalue weighted by molar-refractivity contribution is -0.140. The van der Waals surface area contributed by atoms with Crippen molar-refractivity contribution in [2.75, 3.05) is 36.6 Å². The summed E-state index contributed by atoms with van der Waals surface area (Å²) in [5, 5.41) is 9.31. The zero-order chi connectivity index (χ0) is 27.9. The van der Waals surface area contributed by atoms with Crippen molar-refractivity contribution in [1.82, 2.24) is 19.4 Å². The number of nitrogens with one attached hydrogen (secondary N) is 1. The Morgan fingerprint density at radius 1 is 1.08 bits per heavy atom. The van der Waals surface area contributed by atoms with Gasteiger partial charge in [-0.15, -0.1) is 0 Å². The zero-order valence-corrected chi connectivity index (χ0v) is 21.0. The Balaban J connectivity index is 1.73. The van der Waals surface area contributed by atoms with Gasteiger partial charge in [-0.1, -0.05) is 18.2 Å². The van der Waals surface area contributed by atoms with Gasteiger partial charge in [0.15, 0.2) is 5.82 Å². The van der Waals surface area contributed by atoms with Crippen LogP contribution in [-0.2, 0) is 18.0 Å². The number of nitrogens with zero attached hydrogens (tertiary/aromatic N) is 5. The molecule has 39 heavy (non-hydrogen) atoms. The monoisotopic (exact) mass is 544 g/mol. The Hall–Kier alpha value is -4.26. The minimum Gasteiger partial charge on any atom is -0.378 e. The van der Waals surface area contributed by atoms with Crippen LogP contribution in [0.5, 0.6) is 0 Å². The van der Waals surface area contributed by atoms with Crippen LogP contribution in [0, 0.1) is 5.82 Å². The molecule has 9 nitrogen and oxygen atoms in total. The molecule has 1 fully saturated rings. The van der Waals surface area contributed by atoms with E-state index in [0.29, 0.717) is 37.9 Å². The fourth-order valence-electron chi connectivity index (χ4n) is 4.66. The highest BCUT2D eigenvalue weighted by Gasteiger charge is 2.35. The van der Waals surface area contributed by atoms with Gasteiger partial charge in [0.2, 0.25) is 0 Å². The highest BCUT2D eigenvalue weighted by molar-refractivity contribution is 6.00. The Bertz CT molecular complexity index is 1650. The van der Waals surface area contributed by atoms with Gasteiger partial charge in [-0.25, -0.2) is 13.7 Å². The number of morpholine rings is 1. The van der Waals surface area contributed by atoms with Gasteiger partial charge in [0.05, 0.1) is 54.2 Å². The zero-order valence-electron chi connectivity index (χ0n) is 21.0. The first kappa shape index (κ1) is 26.4. The molecule has 0 radical (unpaired) electrons. The highest BCUT2D eigenvalue weighted by Crippen LogP contribution is 2.35. The molecule has 204 valence electrons. The van der Waals surface area contributed by atoms with Crippen LogP contribution in [0.2, 0.25) is 0 Å². The van der Waals surface area contributed by atoms with E-state index in [4.69, 9.17) is 4.74 Å². The summed E-state index contributed by atoms with van der Waals surface area (Å²) in [6.45, 7) is 3.07. The first-order valence-corrected chi connectivity index (χ1v) is 12.1. The molecule has 1 aliphatic rings. The van der Waals surface area contributed by atoms with Crippen LogP contribution in [0.25, 0.3) is 21.9 Å². The second-order valence-corrected chi connectivity index (χ2v) is 9.10. The summed E-state index contributed by atoms with van der Waals surface area (Å²) < 4.78 is 62.7. The van der Waals surface area contributed by atoms with Gasteiger partial charge in [0.1, 0.15) is 5.82 Å². The molecule has 1 saturated heterocycles. The van der Waals surface area contributed by atoms with Crippen molar-refractivity contribution < 1.29 is 22.3 Å². The molecule has 0 amide bonds. The molecular weight excluding hydrogens is 520 g/mol. The molecule has 0 saturated carbocycles. The molecule has 0 spiro atoms. The molecule has 5 rings (SSSR count). The number of halogens is 4. The molecule has 1 aliphatic heterocycles. The topological polar surface area (TPSA) is 94.3 Å². The first-order chi connectivity index (χ1) is 18.6. The third kappa shape index (κ3) is 4.85. The summed E-state index contributed by atoms with van der Waals surface area (Å²) in [4.78, 5) is 31.2. The smallest absolute Gasteiger partial charge is 0.378 e. The fourth-order valence-corrected chi connectivity index (χ4v) is 4.66. The molecular formula is C26H24F4N6O3. The first-order valence-electron chi connectivity index (χ1n) is 12.1. The maximum Gasteiger partial charge on any atom is 0.419 e. The molecule has 4 aromatic rings.